The number of nitrogens with one attached hydrogen (secondary N) is 1. The maximum atomic E-state index is 5.57. The monoisotopic (exact) mass is 163 g/mol. The zero-order valence-electron chi connectivity index (χ0n) is 6.68. The van der Waals surface area contributed by atoms with Crippen LogP contribution in [0.3, 0.4) is 0 Å². The minimum absolute atomic E-state index is 0.0365. The minimum Gasteiger partial charge on any atom is -0.329 e. The molecule has 0 aromatic rings. The Bertz CT molecular complexity index is 74.8. The smallest absolute Gasteiger partial charge is 0.0525 e. The molecule has 4 heteroatoms. The molecule has 0 heterocycles. The van der Waals surface area contributed by atoms with Gasteiger partial charge in [0.05, 0.1) is 4.75 Å². The highest BCUT2D eigenvalue weighted by Crippen LogP contribution is 2.18. The number of thioether (sulfide) groups is 1. The average molecular weight is 163 g/mol. The lowest BCUT2D eigenvalue weighted by molar-refractivity contribution is 0.568. The van der Waals surface area contributed by atoms with E-state index in [9.17, 15) is 0 Å². The quantitative estimate of drug-likeness (QED) is 0.498. The van der Waals surface area contributed by atoms with Crippen LogP contribution in [0, 0.1) is 0 Å². The highest BCUT2D eigenvalue weighted by atomic mass is 32.2. The van der Waals surface area contributed by atoms with Gasteiger partial charge in [0.1, 0.15) is 0 Å². The molecular weight excluding hydrogens is 146 g/mol. The van der Waals surface area contributed by atoms with Crippen LogP contribution in [0.4, 0.5) is 0 Å². The molecule has 0 aromatic heterocycles. The molecule has 0 aliphatic rings. The predicted octanol–water partition coefficient (Wildman–Crippen LogP) is -0.775. The fourth-order valence-corrected chi connectivity index (χ4v) is 1.41. The molecule has 0 radical (unpaired) electrons. The van der Waals surface area contributed by atoms with E-state index < -0.39 is 0 Å². The molecule has 0 saturated heterocycles. The Kier molecular flexibility index (Phi) is 5.07. The number of rotatable bonds is 5. The minimum atomic E-state index is 0.0365. The number of hydrogen-bond donors (Lipinski definition) is 3. The summed E-state index contributed by atoms with van der Waals surface area (Å²) in [5, 5.41) is 3.08. The molecule has 0 unspecified atom stereocenters. The lowest BCUT2D eigenvalue weighted by atomic mass is 10.1. The van der Waals surface area contributed by atoms with Crippen molar-refractivity contribution in [3.05, 3.63) is 0 Å². The van der Waals surface area contributed by atoms with Crippen molar-refractivity contribution < 1.29 is 0 Å². The summed E-state index contributed by atoms with van der Waals surface area (Å²) >= 11 is 1.73. The zero-order valence-corrected chi connectivity index (χ0v) is 7.50. The fourth-order valence-electron chi connectivity index (χ4n) is 0.789. The van der Waals surface area contributed by atoms with Crippen molar-refractivity contribution in [1.82, 2.24) is 5.32 Å². The molecule has 0 aromatic carbocycles. The van der Waals surface area contributed by atoms with Gasteiger partial charge in [0.25, 0.3) is 0 Å². The molecule has 0 aliphatic carbocycles. The SMILES string of the molecule is CNCC(CN)(CN)SC. The van der Waals surface area contributed by atoms with Gasteiger partial charge in [-0.25, -0.2) is 0 Å². The Morgan fingerprint density at radius 1 is 1.40 bits per heavy atom. The van der Waals surface area contributed by atoms with Crippen molar-refractivity contribution >= 4 is 11.8 Å². The van der Waals surface area contributed by atoms with Crippen LogP contribution < -0.4 is 16.8 Å². The van der Waals surface area contributed by atoms with Crippen LogP contribution in [0.25, 0.3) is 0 Å². The molecule has 10 heavy (non-hydrogen) atoms. The van der Waals surface area contributed by atoms with Crippen molar-refractivity contribution in [3.8, 4) is 0 Å². The van der Waals surface area contributed by atoms with Gasteiger partial charge in [0, 0.05) is 19.6 Å². The van der Waals surface area contributed by atoms with Crippen LogP contribution in [0.15, 0.2) is 0 Å². The van der Waals surface area contributed by atoms with E-state index in [1.54, 1.807) is 11.8 Å². The largest absolute Gasteiger partial charge is 0.329 e. The Morgan fingerprint density at radius 3 is 2.00 bits per heavy atom. The molecule has 0 spiro atoms. The third kappa shape index (κ3) is 2.46. The summed E-state index contributed by atoms with van der Waals surface area (Å²) in [6.07, 6.45) is 2.04. The van der Waals surface area contributed by atoms with Crippen LogP contribution >= 0.6 is 11.8 Å². The highest BCUT2D eigenvalue weighted by molar-refractivity contribution is 8.00. The molecule has 0 fully saturated rings. The molecule has 0 bridgehead atoms. The van der Waals surface area contributed by atoms with Crippen LogP contribution in [-0.2, 0) is 0 Å². The summed E-state index contributed by atoms with van der Waals surface area (Å²) in [6, 6.07) is 0. The van der Waals surface area contributed by atoms with E-state index in [0.29, 0.717) is 13.1 Å². The van der Waals surface area contributed by atoms with Gasteiger partial charge in [-0.3, -0.25) is 0 Å². The van der Waals surface area contributed by atoms with Crippen molar-refractivity contribution in [3.63, 3.8) is 0 Å². The summed E-state index contributed by atoms with van der Waals surface area (Å²) in [5.41, 5.74) is 11.1. The van der Waals surface area contributed by atoms with E-state index in [1.807, 2.05) is 13.3 Å². The molecule has 5 N–H and O–H groups in total. The molecular formula is C6H17N3S. The molecule has 3 nitrogen and oxygen atoms in total. The van der Waals surface area contributed by atoms with Gasteiger partial charge in [-0.15, -0.1) is 0 Å². The summed E-state index contributed by atoms with van der Waals surface area (Å²) in [7, 11) is 1.91. The first kappa shape index (κ1) is 10.2. The predicted molar refractivity (Wildman–Crippen MR) is 48.3 cm³/mol. The van der Waals surface area contributed by atoms with Gasteiger partial charge in [-0.1, -0.05) is 0 Å². The average Bonchev–Trinajstić information content (AvgIpc) is 2.01. The van der Waals surface area contributed by atoms with E-state index in [2.05, 4.69) is 5.32 Å². The van der Waals surface area contributed by atoms with E-state index in [0.717, 1.165) is 6.54 Å². The lowest BCUT2D eigenvalue weighted by Gasteiger charge is -2.28. The first-order chi connectivity index (χ1) is 4.74. The molecule has 0 aliphatic heterocycles. The first-order valence-corrected chi connectivity index (χ1v) is 4.57. The van der Waals surface area contributed by atoms with Crippen LogP contribution in [0.5, 0.6) is 0 Å². The van der Waals surface area contributed by atoms with Gasteiger partial charge in [0.15, 0.2) is 0 Å². The van der Waals surface area contributed by atoms with Crippen molar-refractivity contribution in [2.24, 2.45) is 11.5 Å². The zero-order chi connectivity index (χ0) is 8.04. The molecule has 62 valence electrons. The number of nitrogens with two attached hydrogens (primary N) is 2. The normalized spacial score (nSPS) is 12.0. The van der Waals surface area contributed by atoms with Crippen LogP contribution in [0.1, 0.15) is 0 Å². The van der Waals surface area contributed by atoms with Gasteiger partial charge in [0.2, 0.25) is 0 Å². The number of hydrogen-bond acceptors (Lipinski definition) is 4. The van der Waals surface area contributed by atoms with Crippen LogP contribution in [0.2, 0.25) is 0 Å². The Morgan fingerprint density at radius 2 is 1.90 bits per heavy atom. The standard InChI is InChI=1S/C6H17N3S/c1-9-5-6(3-7,4-8)10-2/h9H,3-5,7-8H2,1-2H3. The topological polar surface area (TPSA) is 64.1 Å². The van der Waals surface area contributed by atoms with Gasteiger partial charge in [-0.2, -0.15) is 11.8 Å². The highest BCUT2D eigenvalue weighted by Gasteiger charge is 2.24. The summed E-state index contributed by atoms with van der Waals surface area (Å²) in [4.78, 5) is 0. The van der Waals surface area contributed by atoms with Crippen molar-refractivity contribution in [2.75, 3.05) is 32.9 Å². The second kappa shape index (κ2) is 4.96. The van der Waals surface area contributed by atoms with Crippen molar-refractivity contribution in [1.29, 1.82) is 0 Å². The van der Waals surface area contributed by atoms with Gasteiger partial charge in [-0.05, 0) is 13.3 Å². The third-order valence-corrected chi connectivity index (χ3v) is 3.02. The fraction of sp³-hybridized carbons (Fsp3) is 1.00. The molecule has 0 saturated carbocycles. The summed E-state index contributed by atoms with van der Waals surface area (Å²) in [6.45, 7) is 2.14. The Balaban J connectivity index is 3.87. The maximum absolute atomic E-state index is 5.57. The van der Waals surface area contributed by atoms with E-state index in [4.69, 9.17) is 11.5 Å². The second-order valence-electron chi connectivity index (χ2n) is 2.33. The Labute approximate surface area is 66.9 Å². The molecule has 0 atom stereocenters. The van der Waals surface area contributed by atoms with Gasteiger partial charge >= 0.3 is 0 Å². The van der Waals surface area contributed by atoms with Crippen molar-refractivity contribution in [2.45, 2.75) is 4.75 Å². The van der Waals surface area contributed by atoms with Crippen LogP contribution in [-0.4, -0.2) is 37.7 Å². The second-order valence-corrected chi connectivity index (χ2v) is 3.60. The van der Waals surface area contributed by atoms with E-state index >= 15 is 0 Å². The first-order valence-electron chi connectivity index (χ1n) is 3.34. The van der Waals surface area contributed by atoms with E-state index in [1.165, 1.54) is 0 Å². The lowest BCUT2D eigenvalue weighted by Crippen LogP contribution is -2.48. The molecule has 0 amide bonds. The maximum Gasteiger partial charge on any atom is 0.0525 e. The summed E-state index contributed by atoms with van der Waals surface area (Å²) < 4.78 is 0.0365. The molecule has 0 rings (SSSR count). The third-order valence-electron chi connectivity index (χ3n) is 1.68. The van der Waals surface area contributed by atoms with E-state index in [-0.39, 0.29) is 4.75 Å². The summed E-state index contributed by atoms with van der Waals surface area (Å²) in [5.74, 6) is 0. The Hall–Kier alpha value is 0.230. The van der Waals surface area contributed by atoms with Gasteiger partial charge < -0.3 is 16.8 Å².